The Kier molecular flexibility index (Phi) is 7.84. The minimum atomic E-state index is -0.452. The molecule has 0 bridgehead atoms. The highest BCUT2D eigenvalue weighted by molar-refractivity contribution is 5.29. The Labute approximate surface area is 163 Å². The molecular formula is C23H34N2O2+2. The number of nitrogens with one attached hydrogen (secondary N) is 1. The molecular weight excluding hydrogens is 336 g/mol. The molecule has 4 nitrogen and oxygen atoms in total. The molecule has 1 saturated heterocycles. The summed E-state index contributed by atoms with van der Waals surface area (Å²) in [5, 5.41) is 12.7. The van der Waals surface area contributed by atoms with Crippen LogP contribution in [0.15, 0.2) is 60.7 Å². The van der Waals surface area contributed by atoms with Gasteiger partial charge in [0.15, 0.2) is 0 Å². The molecule has 0 saturated carbocycles. The molecule has 1 fully saturated rings. The van der Waals surface area contributed by atoms with Crippen molar-refractivity contribution < 1.29 is 20.1 Å². The first kappa shape index (κ1) is 20.0. The zero-order valence-electron chi connectivity index (χ0n) is 16.4. The van der Waals surface area contributed by atoms with Crippen LogP contribution >= 0.6 is 0 Å². The SMILES string of the molecule is CC[NH+]1CCC[C@@H]1C[NH2+]C[C@H](O)COC(c1ccccc1)c1ccccc1. The number of likely N-dealkylation sites (tertiary alicyclic amines) is 1. The summed E-state index contributed by atoms with van der Waals surface area (Å²) >= 11 is 0. The second-order valence-electron chi connectivity index (χ2n) is 7.55. The summed E-state index contributed by atoms with van der Waals surface area (Å²) in [6.45, 7) is 6.92. The molecule has 2 aromatic rings. The van der Waals surface area contributed by atoms with E-state index in [1.807, 2.05) is 36.4 Å². The molecule has 0 aromatic heterocycles. The lowest BCUT2D eigenvalue weighted by molar-refractivity contribution is -0.924. The zero-order chi connectivity index (χ0) is 18.9. The number of quaternary nitrogens is 2. The first-order valence-electron chi connectivity index (χ1n) is 10.3. The predicted molar refractivity (Wildman–Crippen MR) is 108 cm³/mol. The van der Waals surface area contributed by atoms with Gasteiger partial charge in [-0.3, -0.25) is 0 Å². The highest BCUT2D eigenvalue weighted by Gasteiger charge is 2.28. The van der Waals surface area contributed by atoms with Gasteiger partial charge in [-0.2, -0.15) is 0 Å². The minimum absolute atomic E-state index is 0.142. The first-order chi connectivity index (χ1) is 13.3. The van der Waals surface area contributed by atoms with E-state index in [4.69, 9.17) is 4.74 Å². The van der Waals surface area contributed by atoms with Gasteiger partial charge in [-0.05, 0) is 18.1 Å². The normalized spacial score (nSPS) is 20.9. The number of hydrogen-bond donors (Lipinski definition) is 3. The van der Waals surface area contributed by atoms with Gasteiger partial charge < -0.3 is 20.1 Å². The van der Waals surface area contributed by atoms with Gasteiger partial charge >= 0.3 is 0 Å². The Hall–Kier alpha value is -1.72. The van der Waals surface area contributed by atoms with Crippen molar-refractivity contribution >= 4 is 0 Å². The van der Waals surface area contributed by atoms with Gasteiger partial charge in [-0.15, -0.1) is 0 Å². The van der Waals surface area contributed by atoms with E-state index in [-0.39, 0.29) is 6.10 Å². The van der Waals surface area contributed by atoms with Crippen LogP contribution in [-0.4, -0.2) is 50.0 Å². The fourth-order valence-electron chi connectivity index (χ4n) is 4.14. The van der Waals surface area contributed by atoms with E-state index in [1.54, 1.807) is 4.90 Å². The van der Waals surface area contributed by atoms with Crippen molar-refractivity contribution in [1.29, 1.82) is 0 Å². The molecule has 4 heteroatoms. The molecule has 0 aliphatic carbocycles. The van der Waals surface area contributed by atoms with Crippen molar-refractivity contribution in [3.63, 3.8) is 0 Å². The maximum absolute atomic E-state index is 10.4. The molecule has 2 aromatic carbocycles. The van der Waals surface area contributed by atoms with Crippen LogP contribution in [0.2, 0.25) is 0 Å². The van der Waals surface area contributed by atoms with E-state index in [2.05, 4.69) is 36.5 Å². The highest BCUT2D eigenvalue weighted by Crippen LogP contribution is 2.25. The summed E-state index contributed by atoms with van der Waals surface area (Å²) in [5.74, 6) is 0. The molecule has 3 atom stereocenters. The second-order valence-corrected chi connectivity index (χ2v) is 7.55. The molecule has 0 radical (unpaired) electrons. The summed E-state index contributed by atoms with van der Waals surface area (Å²) in [7, 11) is 0. The van der Waals surface area contributed by atoms with Crippen molar-refractivity contribution in [3.05, 3.63) is 71.8 Å². The highest BCUT2D eigenvalue weighted by atomic mass is 16.5. The number of benzene rings is 2. The van der Waals surface area contributed by atoms with Crippen LogP contribution in [0.25, 0.3) is 0 Å². The van der Waals surface area contributed by atoms with Crippen LogP contribution in [0.3, 0.4) is 0 Å². The summed E-state index contributed by atoms with van der Waals surface area (Å²) in [6.07, 6.45) is 2.06. The molecule has 1 aliphatic heterocycles. The number of likely N-dealkylation sites (N-methyl/N-ethyl adjacent to an activating group) is 1. The summed E-state index contributed by atoms with van der Waals surface area (Å²) in [6, 6.07) is 21.2. The van der Waals surface area contributed by atoms with Crippen molar-refractivity contribution in [2.24, 2.45) is 0 Å². The maximum atomic E-state index is 10.4. The van der Waals surface area contributed by atoms with Gasteiger partial charge in [0.05, 0.1) is 19.7 Å². The first-order valence-corrected chi connectivity index (χ1v) is 10.3. The van der Waals surface area contributed by atoms with Gasteiger partial charge in [0.1, 0.15) is 31.3 Å². The standard InChI is InChI=1S/C23H32N2O2/c1-2-25-15-9-14-21(25)16-24-17-22(26)18-27-23(19-10-5-3-6-11-19)20-12-7-4-8-13-20/h3-8,10-13,21-24,26H,2,9,14-18H2,1H3/p+2/t21-,22+/m1/s1. The number of aliphatic hydroxyl groups excluding tert-OH is 1. The van der Waals surface area contributed by atoms with Crippen molar-refractivity contribution in [1.82, 2.24) is 0 Å². The zero-order valence-corrected chi connectivity index (χ0v) is 16.4. The molecule has 27 heavy (non-hydrogen) atoms. The number of aliphatic hydroxyl groups is 1. The Morgan fingerprint density at radius 1 is 1.07 bits per heavy atom. The average molecular weight is 371 g/mol. The molecule has 1 heterocycles. The summed E-state index contributed by atoms with van der Waals surface area (Å²) < 4.78 is 6.17. The molecule has 146 valence electrons. The lowest BCUT2D eigenvalue weighted by atomic mass is 10.0. The van der Waals surface area contributed by atoms with E-state index in [1.165, 1.54) is 25.9 Å². The largest absolute Gasteiger partial charge is 0.385 e. The lowest BCUT2D eigenvalue weighted by Crippen LogP contribution is -3.16. The van der Waals surface area contributed by atoms with Gasteiger partial charge in [0, 0.05) is 12.8 Å². The molecule has 1 aliphatic rings. The second kappa shape index (κ2) is 10.6. The molecule has 0 spiro atoms. The third-order valence-corrected chi connectivity index (χ3v) is 5.63. The number of rotatable bonds is 10. The maximum Gasteiger partial charge on any atom is 0.137 e. The van der Waals surface area contributed by atoms with E-state index in [9.17, 15) is 5.11 Å². The Bertz CT molecular complexity index is 610. The topological polar surface area (TPSA) is 50.5 Å². The van der Waals surface area contributed by atoms with E-state index in [0.717, 1.165) is 23.7 Å². The van der Waals surface area contributed by atoms with E-state index < -0.39 is 6.10 Å². The lowest BCUT2D eigenvalue weighted by Gasteiger charge is -2.21. The van der Waals surface area contributed by atoms with Gasteiger partial charge in [0.2, 0.25) is 0 Å². The smallest absolute Gasteiger partial charge is 0.137 e. The van der Waals surface area contributed by atoms with E-state index >= 15 is 0 Å². The number of ether oxygens (including phenoxy) is 1. The Morgan fingerprint density at radius 2 is 1.70 bits per heavy atom. The fourth-order valence-corrected chi connectivity index (χ4v) is 4.14. The fraction of sp³-hybridized carbons (Fsp3) is 0.478. The Balaban J connectivity index is 1.49. The van der Waals surface area contributed by atoms with Crippen LogP contribution in [0.1, 0.15) is 37.0 Å². The third-order valence-electron chi connectivity index (χ3n) is 5.63. The molecule has 4 N–H and O–H groups in total. The Morgan fingerprint density at radius 3 is 2.30 bits per heavy atom. The van der Waals surface area contributed by atoms with Gasteiger partial charge in [-0.1, -0.05) is 60.7 Å². The van der Waals surface area contributed by atoms with E-state index in [0.29, 0.717) is 13.2 Å². The third kappa shape index (κ3) is 5.88. The number of nitrogens with two attached hydrogens (primary N) is 1. The monoisotopic (exact) mass is 370 g/mol. The van der Waals surface area contributed by atoms with Crippen molar-refractivity contribution in [3.8, 4) is 0 Å². The minimum Gasteiger partial charge on any atom is -0.385 e. The summed E-state index contributed by atoms with van der Waals surface area (Å²) in [5.41, 5.74) is 2.24. The van der Waals surface area contributed by atoms with Crippen molar-refractivity contribution in [2.45, 2.75) is 38.0 Å². The number of hydrogen-bond acceptors (Lipinski definition) is 2. The molecule has 0 amide bonds. The average Bonchev–Trinajstić information content (AvgIpc) is 3.17. The van der Waals surface area contributed by atoms with Gasteiger partial charge in [-0.25, -0.2) is 0 Å². The van der Waals surface area contributed by atoms with Crippen molar-refractivity contribution in [2.75, 3.05) is 32.8 Å². The van der Waals surface area contributed by atoms with Crippen LogP contribution in [0.5, 0.6) is 0 Å². The van der Waals surface area contributed by atoms with Crippen LogP contribution < -0.4 is 10.2 Å². The molecule has 1 unspecified atom stereocenters. The molecule has 3 rings (SSSR count). The predicted octanol–water partition coefficient (Wildman–Crippen LogP) is 0.784. The van der Waals surface area contributed by atoms with Crippen LogP contribution in [0, 0.1) is 0 Å². The van der Waals surface area contributed by atoms with Crippen LogP contribution in [-0.2, 0) is 4.74 Å². The quantitative estimate of drug-likeness (QED) is 0.579. The summed E-state index contributed by atoms with van der Waals surface area (Å²) in [4.78, 5) is 1.71. The van der Waals surface area contributed by atoms with Crippen LogP contribution in [0.4, 0.5) is 0 Å². The van der Waals surface area contributed by atoms with Gasteiger partial charge in [0.25, 0.3) is 0 Å².